The van der Waals surface area contributed by atoms with E-state index >= 15 is 0 Å². The van der Waals surface area contributed by atoms with Crippen molar-refractivity contribution in [3.8, 4) is 5.75 Å². The molecular weight excluding hydrogens is 438 g/mol. The highest BCUT2D eigenvalue weighted by Crippen LogP contribution is 2.31. The molecule has 0 bridgehead atoms. The van der Waals surface area contributed by atoms with Gasteiger partial charge in [0, 0.05) is 43.8 Å². The molecule has 0 radical (unpaired) electrons. The number of rotatable bonds is 5. The lowest BCUT2D eigenvalue weighted by Gasteiger charge is -2.37. The van der Waals surface area contributed by atoms with Crippen molar-refractivity contribution in [2.45, 2.75) is 0 Å². The van der Waals surface area contributed by atoms with Gasteiger partial charge >= 0.3 is 0 Å². The standard InChI is InChI=1S/C26H26ClN3O3/c1-28(26(32)21-7-3-6-10-24(21)33-2)22-8-4-5-9-23(22)29-15-17-30(18-16-29)25(31)19-11-13-20(27)14-12-19/h3-14H,15-18H2,1-2H3. The maximum absolute atomic E-state index is 13.2. The average Bonchev–Trinajstić information content (AvgIpc) is 2.88. The summed E-state index contributed by atoms with van der Waals surface area (Å²) in [5.41, 5.74) is 2.92. The van der Waals surface area contributed by atoms with Gasteiger partial charge < -0.3 is 19.4 Å². The summed E-state index contributed by atoms with van der Waals surface area (Å²) < 4.78 is 5.37. The number of anilines is 2. The third-order valence-electron chi connectivity index (χ3n) is 5.88. The lowest BCUT2D eigenvalue weighted by Crippen LogP contribution is -2.49. The molecule has 3 aromatic carbocycles. The minimum absolute atomic E-state index is 0.00284. The van der Waals surface area contributed by atoms with Crippen molar-refractivity contribution in [2.24, 2.45) is 0 Å². The number of carbonyl (C=O) groups is 2. The fraction of sp³-hybridized carbons (Fsp3) is 0.231. The summed E-state index contributed by atoms with van der Waals surface area (Å²) in [6.07, 6.45) is 0. The highest BCUT2D eigenvalue weighted by Gasteiger charge is 2.26. The number of methoxy groups -OCH3 is 1. The number of benzene rings is 3. The number of piperazine rings is 1. The molecule has 0 aromatic heterocycles. The van der Waals surface area contributed by atoms with Crippen molar-refractivity contribution in [2.75, 3.05) is 50.1 Å². The summed E-state index contributed by atoms with van der Waals surface area (Å²) in [5.74, 6) is 0.403. The molecule has 1 aliphatic heterocycles. The van der Waals surface area contributed by atoms with Gasteiger partial charge in [0.1, 0.15) is 5.75 Å². The summed E-state index contributed by atoms with van der Waals surface area (Å²) in [7, 11) is 3.33. The van der Waals surface area contributed by atoms with Crippen molar-refractivity contribution < 1.29 is 14.3 Å². The molecule has 1 heterocycles. The largest absolute Gasteiger partial charge is 0.496 e. The lowest BCUT2D eigenvalue weighted by molar-refractivity contribution is 0.0746. The SMILES string of the molecule is COc1ccccc1C(=O)N(C)c1ccccc1N1CCN(C(=O)c2ccc(Cl)cc2)CC1. The number of carbonyl (C=O) groups excluding carboxylic acids is 2. The summed E-state index contributed by atoms with van der Waals surface area (Å²) >= 11 is 5.94. The smallest absolute Gasteiger partial charge is 0.261 e. The van der Waals surface area contributed by atoms with Gasteiger partial charge in [0.15, 0.2) is 0 Å². The Morgan fingerprint density at radius 1 is 0.879 bits per heavy atom. The van der Waals surface area contributed by atoms with E-state index in [-0.39, 0.29) is 11.8 Å². The van der Waals surface area contributed by atoms with Crippen LogP contribution in [0.3, 0.4) is 0 Å². The molecule has 1 fully saturated rings. The van der Waals surface area contributed by atoms with Gasteiger partial charge in [-0.25, -0.2) is 0 Å². The Kier molecular flexibility index (Phi) is 6.84. The van der Waals surface area contributed by atoms with Crippen molar-refractivity contribution >= 4 is 34.8 Å². The van der Waals surface area contributed by atoms with Gasteiger partial charge in [-0.2, -0.15) is 0 Å². The summed E-state index contributed by atoms with van der Waals surface area (Å²) in [4.78, 5) is 31.8. The zero-order chi connectivity index (χ0) is 23.4. The van der Waals surface area contributed by atoms with Crippen LogP contribution >= 0.6 is 11.6 Å². The topological polar surface area (TPSA) is 53.1 Å². The Morgan fingerprint density at radius 3 is 2.21 bits per heavy atom. The van der Waals surface area contributed by atoms with E-state index in [2.05, 4.69) is 4.90 Å². The Labute approximate surface area is 198 Å². The van der Waals surface area contributed by atoms with Gasteiger partial charge in [-0.1, -0.05) is 35.9 Å². The Morgan fingerprint density at radius 2 is 1.52 bits per heavy atom. The summed E-state index contributed by atoms with van der Waals surface area (Å²) in [6.45, 7) is 2.54. The van der Waals surface area contributed by atoms with E-state index in [0.717, 1.165) is 11.4 Å². The molecule has 0 saturated carbocycles. The molecular formula is C26H26ClN3O3. The zero-order valence-electron chi connectivity index (χ0n) is 18.7. The van der Waals surface area contributed by atoms with Crippen LogP contribution in [0.25, 0.3) is 0 Å². The molecule has 2 amide bonds. The molecule has 0 unspecified atom stereocenters. The minimum Gasteiger partial charge on any atom is -0.496 e. The summed E-state index contributed by atoms with van der Waals surface area (Å²) in [6, 6.07) is 22.0. The predicted molar refractivity (Wildman–Crippen MR) is 132 cm³/mol. The van der Waals surface area contributed by atoms with Crippen molar-refractivity contribution in [1.29, 1.82) is 0 Å². The Bertz CT molecular complexity index is 1140. The lowest BCUT2D eigenvalue weighted by atomic mass is 10.1. The van der Waals surface area contributed by atoms with Crippen LogP contribution in [-0.2, 0) is 0 Å². The number of hydrogen-bond donors (Lipinski definition) is 0. The molecule has 33 heavy (non-hydrogen) atoms. The van der Waals surface area contributed by atoms with Gasteiger partial charge in [-0.3, -0.25) is 9.59 Å². The van der Waals surface area contributed by atoms with E-state index in [1.54, 1.807) is 55.5 Å². The quantitative estimate of drug-likeness (QED) is 0.555. The van der Waals surface area contributed by atoms with E-state index in [0.29, 0.717) is 48.1 Å². The van der Waals surface area contributed by atoms with Crippen molar-refractivity contribution in [3.63, 3.8) is 0 Å². The van der Waals surface area contributed by atoms with Gasteiger partial charge in [0.05, 0.1) is 24.0 Å². The molecule has 0 atom stereocenters. The van der Waals surface area contributed by atoms with Crippen LogP contribution in [0.1, 0.15) is 20.7 Å². The molecule has 0 N–H and O–H groups in total. The van der Waals surface area contributed by atoms with E-state index in [4.69, 9.17) is 16.3 Å². The normalized spacial score (nSPS) is 13.5. The van der Waals surface area contributed by atoms with E-state index in [1.807, 2.05) is 41.3 Å². The van der Waals surface area contributed by atoms with Crippen molar-refractivity contribution in [1.82, 2.24) is 4.90 Å². The first-order chi connectivity index (χ1) is 16.0. The average molecular weight is 464 g/mol. The van der Waals surface area contributed by atoms with E-state index in [9.17, 15) is 9.59 Å². The molecule has 4 rings (SSSR count). The Balaban J connectivity index is 1.49. The molecule has 1 saturated heterocycles. The molecule has 1 aliphatic rings. The zero-order valence-corrected chi connectivity index (χ0v) is 19.5. The number of amides is 2. The van der Waals surface area contributed by atoms with Crippen LogP contribution in [0, 0.1) is 0 Å². The molecule has 6 nitrogen and oxygen atoms in total. The molecule has 170 valence electrons. The maximum atomic E-state index is 13.2. The molecule has 3 aromatic rings. The Hall–Kier alpha value is -3.51. The molecule has 7 heteroatoms. The highest BCUT2D eigenvalue weighted by molar-refractivity contribution is 6.30. The third kappa shape index (κ3) is 4.81. The fourth-order valence-corrected chi connectivity index (χ4v) is 4.18. The number of para-hydroxylation sites is 3. The number of hydrogen-bond acceptors (Lipinski definition) is 4. The minimum atomic E-state index is -0.142. The maximum Gasteiger partial charge on any atom is 0.261 e. The molecule has 0 aliphatic carbocycles. The summed E-state index contributed by atoms with van der Waals surface area (Å²) in [5, 5.41) is 0.611. The second-order valence-corrected chi connectivity index (χ2v) is 8.28. The van der Waals surface area contributed by atoms with Crippen LogP contribution in [0.5, 0.6) is 5.75 Å². The van der Waals surface area contributed by atoms with Crippen LogP contribution in [0.15, 0.2) is 72.8 Å². The van der Waals surface area contributed by atoms with Gasteiger partial charge in [0.25, 0.3) is 11.8 Å². The second kappa shape index (κ2) is 9.96. The monoisotopic (exact) mass is 463 g/mol. The van der Waals surface area contributed by atoms with Gasteiger partial charge in [0.2, 0.25) is 0 Å². The van der Waals surface area contributed by atoms with Crippen LogP contribution in [0.4, 0.5) is 11.4 Å². The van der Waals surface area contributed by atoms with Gasteiger partial charge in [-0.05, 0) is 48.5 Å². The van der Waals surface area contributed by atoms with Crippen LogP contribution in [-0.4, -0.2) is 57.1 Å². The van der Waals surface area contributed by atoms with E-state index in [1.165, 1.54) is 0 Å². The van der Waals surface area contributed by atoms with Crippen LogP contribution < -0.4 is 14.5 Å². The van der Waals surface area contributed by atoms with Crippen molar-refractivity contribution in [3.05, 3.63) is 88.9 Å². The first kappa shape index (κ1) is 22.7. The first-order valence-electron chi connectivity index (χ1n) is 10.8. The number of ether oxygens (including phenoxy) is 1. The predicted octanol–water partition coefficient (Wildman–Crippen LogP) is 4.59. The number of nitrogens with zero attached hydrogens (tertiary/aromatic N) is 3. The highest BCUT2D eigenvalue weighted by atomic mass is 35.5. The van der Waals surface area contributed by atoms with E-state index < -0.39 is 0 Å². The third-order valence-corrected chi connectivity index (χ3v) is 6.14. The fourth-order valence-electron chi connectivity index (χ4n) is 4.05. The van der Waals surface area contributed by atoms with Gasteiger partial charge in [-0.15, -0.1) is 0 Å². The molecule has 0 spiro atoms. The number of halogens is 1. The van der Waals surface area contributed by atoms with Crippen LogP contribution in [0.2, 0.25) is 5.02 Å². The second-order valence-electron chi connectivity index (χ2n) is 7.84. The first-order valence-corrected chi connectivity index (χ1v) is 11.2.